The Morgan fingerprint density at radius 2 is 2.16 bits per heavy atom. The lowest BCUT2D eigenvalue weighted by molar-refractivity contribution is -0.111. The number of hydrogen-bond acceptors (Lipinski definition) is 3. The predicted octanol–water partition coefficient (Wildman–Crippen LogP) is 4.79. The average Bonchev–Trinajstić information content (AvgIpc) is 2.60. The first-order valence-electron chi connectivity index (χ1n) is 8.15. The minimum Gasteiger partial charge on any atom is -0.300 e. The maximum atomic E-state index is 11.7. The van der Waals surface area contributed by atoms with Crippen LogP contribution in [0.3, 0.4) is 0 Å². The number of allylic oxidation sites excluding steroid dienone is 1. The quantitative estimate of drug-likeness (QED) is 0.804. The van der Waals surface area contributed by atoms with Crippen LogP contribution < -0.4 is 5.32 Å². The van der Waals surface area contributed by atoms with Gasteiger partial charge in [0, 0.05) is 34.5 Å². The van der Waals surface area contributed by atoms with Gasteiger partial charge in [0.1, 0.15) is 5.82 Å². The lowest BCUT2D eigenvalue weighted by Gasteiger charge is -2.08. The molecule has 0 aliphatic heterocycles. The topological polar surface area (TPSA) is 54.9 Å². The summed E-state index contributed by atoms with van der Waals surface area (Å²) >= 11 is 6.35. The molecule has 0 bridgehead atoms. The Morgan fingerprint density at radius 1 is 1.36 bits per heavy atom. The Kier molecular flexibility index (Phi) is 6.73. The molecule has 0 aromatic carbocycles. The van der Waals surface area contributed by atoms with Gasteiger partial charge in [-0.1, -0.05) is 43.5 Å². The molecule has 5 heteroatoms. The van der Waals surface area contributed by atoms with E-state index in [1.54, 1.807) is 12.3 Å². The van der Waals surface area contributed by atoms with Crippen molar-refractivity contribution < 1.29 is 4.79 Å². The Bertz CT molecular complexity index is 863. The summed E-state index contributed by atoms with van der Waals surface area (Å²) in [7, 11) is 0. The summed E-state index contributed by atoms with van der Waals surface area (Å²) in [5.74, 6) is 5.32. The minimum absolute atomic E-state index is 0.372. The first-order chi connectivity index (χ1) is 12.0. The van der Waals surface area contributed by atoms with E-state index in [1.165, 1.54) is 0 Å². The number of pyridine rings is 2. The molecule has 0 saturated carbocycles. The van der Waals surface area contributed by atoms with Crippen molar-refractivity contribution in [3.05, 3.63) is 47.8 Å². The average molecular weight is 354 g/mol. The van der Waals surface area contributed by atoms with Gasteiger partial charge in [0.25, 0.3) is 0 Å². The molecule has 0 fully saturated rings. The molecule has 128 valence electrons. The number of nitrogens with zero attached hydrogens (tertiary/aromatic N) is 2. The molecule has 0 radical (unpaired) electrons. The normalized spacial score (nSPS) is 10.8. The van der Waals surface area contributed by atoms with E-state index in [1.807, 2.05) is 45.0 Å². The van der Waals surface area contributed by atoms with E-state index in [-0.39, 0.29) is 5.91 Å². The van der Waals surface area contributed by atoms with Crippen LogP contribution in [-0.2, 0) is 4.79 Å². The fraction of sp³-hybridized carbons (Fsp3) is 0.250. The molecule has 0 saturated heterocycles. The molecule has 0 aliphatic rings. The van der Waals surface area contributed by atoms with Crippen LogP contribution >= 0.6 is 11.6 Å². The van der Waals surface area contributed by atoms with Gasteiger partial charge in [0.15, 0.2) is 0 Å². The molecule has 2 heterocycles. The second-order valence-corrected chi connectivity index (χ2v) is 5.74. The van der Waals surface area contributed by atoms with Gasteiger partial charge in [0.2, 0.25) is 0 Å². The Hall–Kier alpha value is -2.64. The van der Waals surface area contributed by atoms with E-state index in [9.17, 15) is 4.79 Å². The van der Waals surface area contributed by atoms with Crippen LogP contribution in [0, 0.1) is 18.8 Å². The molecular weight excluding hydrogens is 334 g/mol. The zero-order chi connectivity index (χ0) is 18.2. The summed E-state index contributed by atoms with van der Waals surface area (Å²) in [4.78, 5) is 20.6. The molecule has 2 rings (SSSR count). The van der Waals surface area contributed by atoms with Crippen molar-refractivity contribution in [2.24, 2.45) is 0 Å². The number of anilines is 1. The smallest absolute Gasteiger partial charge is 0.300 e. The maximum Gasteiger partial charge on any atom is 0.301 e. The Morgan fingerprint density at radius 3 is 2.88 bits per heavy atom. The number of hydrogen-bond donors (Lipinski definition) is 1. The third-order valence-electron chi connectivity index (χ3n) is 3.39. The van der Waals surface area contributed by atoms with Crippen molar-refractivity contribution in [3.63, 3.8) is 0 Å². The zero-order valence-electron chi connectivity index (χ0n) is 14.6. The molecule has 25 heavy (non-hydrogen) atoms. The number of aromatic nitrogens is 2. The first kappa shape index (κ1) is 18.7. The number of carbonyl (C=O) groups excluding carboxylic acids is 1. The number of nitrogens with one attached hydrogen (secondary N) is 1. The molecule has 1 amide bonds. The molecule has 4 nitrogen and oxygen atoms in total. The van der Waals surface area contributed by atoms with Crippen LogP contribution in [-0.4, -0.2) is 15.9 Å². The van der Waals surface area contributed by atoms with Crippen LogP contribution in [0.5, 0.6) is 0 Å². The van der Waals surface area contributed by atoms with Gasteiger partial charge in [-0.2, -0.15) is 0 Å². The number of amides is 1. The highest BCUT2D eigenvalue weighted by Crippen LogP contribution is 2.27. The largest absolute Gasteiger partial charge is 0.301 e. The van der Waals surface area contributed by atoms with E-state index in [0.29, 0.717) is 23.0 Å². The van der Waals surface area contributed by atoms with Gasteiger partial charge in [-0.15, -0.1) is 0 Å². The number of aryl methyl sites for hydroxylation is 1. The molecule has 0 unspecified atom stereocenters. The van der Waals surface area contributed by atoms with Gasteiger partial charge in [-0.05, 0) is 37.5 Å². The van der Waals surface area contributed by atoms with Crippen LogP contribution in [0.1, 0.15) is 37.9 Å². The molecular formula is C20H20ClN3O. The maximum absolute atomic E-state index is 11.7. The van der Waals surface area contributed by atoms with Gasteiger partial charge >= 0.3 is 5.91 Å². The fourth-order valence-electron chi connectivity index (χ4n) is 2.19. The van der Waals surface area contributed by atoms with Crippen molar-refractivity contribution in [1.82, 2.24) is 9.97 Å². The van der Waals surface area contributed by atoms with Crippen molar-refractivity contribution in [2.45, 2.75) is 33.6 Å². The monoisotopic (exact) mass is 353 g/mol. The van der Waals surface area contributed by atoms with Crippen molar-refractivity contribution >= 4 is 28.4 Å². The third kappa shape index (κ3) is 5.17. The highest BCUT2D eigenvalue weighted by molar-refractivity contribution is 6.48. The SMILES string of the molecule is CCC#CC(=O)Nc1cccc(-c2cnc(C)c(/C(Cl)=C\CC)c2)n1. The molecule has 2 aromatic heterocycles. The van der Waals surface area contributed by atoms with Crippen LogP contribution in [0.25, 0.3) is 16.3 Å². The first-order valence-corrected chi connectivity index (χ1v) is 8.52. The van der Waals surface area contributed by atoms with Gasteiger partial charge < -0.3 is 0 Å². The highest BCUT2D eigenvalue weighted by atomic mass is 35.5. The predicted molar refractivity (Wildman–Crippen MR) is 103 cm³/mol. The Labute approximate surface area is 153 Å². The zero-order valence-corrected chi connectivity index (χ0v) is 15.3. The van der Waals surface area contributed by atoms with E-state index in [0.717, 1.165) is 23.2 Å². The van der Waals surface area contributed by atoms with E-state index in [2.05, 4.69) is 27.1 Å². The van der Waals surface area contributed by atoms with Crippen LogP contribution in [0.15, 0.2) is 36.5 Å². The van der Waals surface area contributed by atoms with E-state index in [4.69, 9.17) is 11.6 Å². The summed E-state index contributed by atoms with van der Waals surface area (Å²) in [6, 6.07) is 7.37. The van der Waals surface area contributed by atoms with Gasteiger partial charge in [0.05, 0.1) is 5.69 Å². The second-order valence-electron chi connectivity index (χ2n) is 5.33. The van der Waals surface area contributed by atoms with E-state index < -0.39 is 0 Å². The Balaban J connectivity index is 2.33. The van der Waals surface area contributed by atoms with Crippen molar-refractivity contribution in [1.29, 1.82) is 0 Å². The van der Waals surface area contributed by atoms with Crippen LogP contribution in [0.2, 0.25) is 0 Å². The molecule has 0 aliphatic carbocycles. The summed E-state index contributed by atoms with van der Waals surface area (Å²) < 4.78 is 0. The molecule has 0 spiro atoms. The number of halogens is 1. The highest BCUT2D eigenvalue weighted by Gasteiger charge is 2.09. The number of rotatable bonds is 4. The number of carbonyl (C=O) groups is 1. The van der Waals surface area contributed by atoms with Crippen LogP contribution in [0.4, 0.5) is 5.82 Å². The summed E-state index contributed by atoms with van der Waals surface area (Å²) in [5.41, 5.74) is 3.28. The molecule has 2 aromatic rings. The third-order valence-corrected chi connectivity index (χ3v) is 3.75. The second kappa shape index (κ2) is 9.00. The minimum atomic E-state index is -0.372. The molecule has 1 N–H and O–H groups in total. The standard InChI is InChI=1S/C20H20ClN3O/c1-4-6-11-20(25)24-19-10-7-9-18(23-19)15-12-16(14(3)22-13-15)17(21)8-5-2/h7-10,12-13H,4-5H2,1-3H3,(H,23,24,25)/b17-8+. The lowest BCUT2D eigenvalue weighted by atomic mass is 10.1. The summed E-state index contributed by atoms with van der Waals surface area (Å²) in [6.45, 7) is 5.84. The van der Waals surface area contributed by atoms with Crippen molar-refractivity contribution in [2.75, 3.05) is 5.32 Å². The summed E-state index contributed by atoms with van der Waals surface area (Å²) in [6.07, 6.45) is 5.18. The lowest BCUT2D eigenvalue weighted by Crippen LogP contribution is -2.10. The fourth-order valence-corrected chi connectivity index (χ4v) is 2.53. The van der Waals surface area contributed by atoms with Gasteiger partial charge in [-0.3, -0.25) is 15.1 Å². The van der Waals surface area contributed by atoms with Gasteiger partial charge in [-0.25, -0.2) is 4.98 Å². The summed E-state index contributed by atoms with van der Waals surface area (Å²) in [5, 5.41) is 3.35. The van der Waals surface area contributed by atoms with Crippen molar-refractivity contribution in [3.8, 4) is 23.1 Å². The molecule has 0 atom stereocenters. The van der Waals surface area contributed by atoms with E-state index >= 15 is 0 Å².